The maximum absolute atomic E-state index is 5.60. The van der Waals surface area contributed by atoms with Crippen LogP contribution in [0.2, 0.25) is 0 Å². The van der Waals surface area contributed by atoms with Crippen molar-refractivity contribution in [3.8, 4) is 5.75 Å². The van der Waals surface area contributed by atoms with Crippen molar-refractivity contribution in [2.75, 3.05) is 0 Å². The zero-order chi connectivity index (χ0) is 11.4. The van der Waals surface area contributed by atoms with E-state index in [0.29, 0.717) is 11.7 Å². The number of nitrogens with two attached hydrogens (primary N) is 1. The maximum Gasteiger partial charge on any atom is 0.243 e. The molecule has 0 radical (unpaired) electrons. The van der Waals surface area contributed by atoms with Gasteiger partial charge in [-0.2, -0.15) is 4.98 Å². The van der Waals surface area contributed by atoms with Crippen LogP contribution in [0.25, 0.3) is 0 Å². The maximum atomic E-state index is 5.60. The monoisotopic (exact) mass is 255 g/mol. The molecule has 0 aliphatic rings. The van der Waals surface area contributed by atoms with Gasteiger partial charge in [0.15, 0.2) is 6.61 Å². The van der Waals surface area contributed by atoms with Crippen LogP contribution in [0.5, 0.6) is 5.75 Å². The van der Waals surface area contributed by atoms with Crippen molar-refractivity contribution in [3.05, 3.63) is 42.0 Å². The molecule has 0 fully saturated rings. The summed E-state index contributed by atoms with van der Waals surface area (Å²) in [4.78, 5) is 4.10. The molecule has 0 bridgehead atoms. The molecule has 17 heavy (non-hydrogen) atoms. The van der Waals surface area contributed by atoms with Crippen LogP contribution in [0.15, 0.2) is 34.9 Å². The van der Waals surface area contributed by atoms with Gasteiger partial charge in [0.25, 0.3) is 0 Å². The third-order valence-electron chi connectivity index (χ3n) is 1.98. The van der Waals surface area contributed by atoms with Gasteiger partial charge in [0.1, 0.15) is 5.75 Å². The molecule has 1 heterocycles. The van der Waals surface area contributed by atoms with Gasteiger partial charge < -0.3 is 15.0 Å². The van der Waals surface area contributed by atoms with Crippen LogP contribution in [0.1, 0.15) is 24.7 Å². The van der Waals surface area contributed by atoms with Crippen molar-refractivity contribution in [3.63, 3.8) is 0 Å². The van der Waals surface area contributed by atoms with Crippen molar-refractivity contribution in [2.24, 2.45) is 5.73 Å². The molecule has 1 aromatic heterocycles. The van der Waals surface area contributed by atoms with Gasteiger partial charge in [-0.15, -0.1) is 12.4 Å². The van der Waals surface area contributed by atoms with Gasteiger partial charge in [0.05, 0.1) is 6.04 Å². The van der Waals surface area contributed by atoms with E-state index < -0.39 is 0 Å². The highest BCUT2D eigenvalue weighted by Crippen LogP contribution is 2.11. The molecule has 0 saturated heterocycles. The molecule has 2 aromatic rings. The summed E-state index contributed by atoms with van der Waals surface area (Å²) in [5, 5.41) is 3.76. The first-order valence-corrected chi connectivity index (χ1v) is 5.01. The minimum atomic E-state index is -0.252. The Morgan fingerprint density at radius 1 is 1.35 bits per heavy atom. The lowest BCUT2D eigenvalue weighted by atomic mass is 10.3. The molecule has 0 spiro atoms. The Kier molecular flexibility index (Phi) is 4.93. The zero-order valence-electron chi connectivity index (χ0n) is 9.37. The van der Waals surface area contributed by atoms with E-state index in [1.807, 2.05) is 30.3 Å². The highest BCUT2D eigenvalue weighted by Gasteiger charge is 2.10. The topological polar surface area (TPSA) is 74.2 Å². The molecule has 0 saturated carbocycles. The number of rotatable bonds is 4. The quantitative estimate of drug-likeness (QED) is 0.906. The molecule has 0 unspecified atom stereocenters. The highest BCUT2D eigenvalue weighted by molar-refractivity contribution is 5.85. The molecular formula is C11H14ClN3O2. The fourth-order valence-corrected chi connectivity index (χ4v) is 1.18. The van der Waals surface area contributed by atoms with Gasteiger partial charge in [-0.3, -0.25) is 0 Å². The first kappa shape index (κ1) is 13.5. The third kappa shape index (κ3) is 3.72. The van der Waals surface area contributed by atoms with E-state index in [-0.39, 0.29) is 25.1 Å². The second kappa shape index (κ2) is 6.22. The molecule has 2 N–H and O–H groups in total. The number of halogens is 1. The van der Waals surface area contributed by atoms with E-state index >= 15 is 0 Å². The van der Waals surface area contributed by atoms with Crippen LogP contribution >= 0.6 is 12.4 Å². The Morgan fingerprint density at radius 2 is 2.06 bits per heavy atom. The summed E-state index contributed by atoms with van der Waals surface area (Å²) in [7, 11) is 0. The molecule has 6 heteroatoms. The van der Waals surface area contributed by atoms with Gasteiger partial charge in [-0.1, -0.05) is 23.4 Å². The molecule has 92 valence electrons. The lowest BCUT2D eigenvalue weighted by Gasteiger charge is -2.01. The molecule has 0 aliphatic heterocycles. The van der Waals surface area contributed by atoms with Gasteiger partial charge in [-0.25, -0.2) is 0 Å². The van der Waals surface area contributed by atoms with Crippen LogP contribution in [0.3, 0.4) is 0 Å². The lowest BCUT2D eigenvalue weighted by molar-refractivity contribution is 0.284. The Morgan fingerprint density at radius 3 is 2.65 bits per heavy atom. The van der Waals surface area contributed by atoms with Crippen molar-refractivity contribution in [2.45, 2.75) is 19.6 Å². The third-order valence-corrected chi connectivity index (χ3v) is 1.98. The lowest BCUT2D eigenvalue weighted by Crippen LogP contribution is -2.05. The molecule has 0 aliphatic carbocycles. The number of hydrogen-bond donors (Lipinski definition) is 1. The summed E-state index contributed by atoms with van der Waals surface area (Å²) in [5.74, 6) is 1.69. The van der Waals surface area contributed by atoms with Crippen molar-refractivity contribution in [1.82, 2.24) is 10.1 Å². The normalized spacial score (nSPS) is 11.6. The Balaban J connectivity index is 0.00000144. The van der Waals surface area contributed by atoms with Crippen molar-refractivity contribution >= 4 is 12.4 Å². The van der Waals surface area contributed by atoms with Gasteiger partial charge >= 0.3 is 0 Å². The SMILES string of the molecule is C[C@@H](N)c1nc(COc2ccccc2)no1.Cl. The predicted molar refractivity (Wildman–Crippen MR) is 64.9 cm³/mol. The van der Waals surface area contributed by atoms with Crippen molar-refractivity contribution < 1.29 is 9.26 Å². The summed E-state index contributed by atoms with van der Waals surface area (Å²) in [6, 6.07) is 9.21. The molecule has 5 nitrogen and oxygen atoms in total. The summed E-state index contributed by atoms with van der Waals surface area (Å²) < 4.78 is 10.4. The van der Waals surface area contributed by atoms with E-state index in [1.54, 1.807) is 6.92 Å². The van der Waals surface area contributed by atoms with Gasteiger partial charge in [0, 0.05) is 0 Å². The summed E-state index contributed by atoms with van der Waals surface area (Å²) in [5.41, 5.74) is 5.60. The van der Waals surface area contributed by atoms with Crippen LogP contribution in [-0.2, 0) is 6.61 Å². The number of nitrogens with zero attached hydrogens (tertiary/aromatic N) is 2. The average Bonchev–Trinajstić information content (AvgIpc) is 2.76. The number of hydrogen-bond acceptors (Lipinski definition) is 5. The Hall–Kier alpha value is -1.59. The Bertz CT molecular complexity index is 445. The summed E-state index contributed by atoms with van der Waals surface area (Å²) in [6.45, 7) is 2.07. The predicted octanol–water partition coefficient (Wildman–Crippen LogP) is 2.09. The van der Waals surface area contributed by atoms with E-state index in [0.717, 1.165) is 5.75 Å². The molecule has 1 atom stereocenters. The second-order valence-electron chi connectivity index (χ2n) is 3.44. The molecule has 2 rings (SSSR count). The van der Waals surface area contributed by atoms with Crippen LogP contribution < -0.4 is 10.5 Å². The van der Waals surface area contributed by atoms with Crippen LogP contribution in [0.4, 0.5) is 0 Å². The average molecular weight is 256 g/mol. The first-order valence-electron chi connectivity index (χ1n) is 5.01. The number of ether oxygens (including phenoxy) is 1. The standard InChI is InChI=1S/C11H13N3O2.ClH/c1-8(12)11-13-10(14-16-11)7-15-9-5-3-2-4-6-9;/h2-6,8H,7,12H2,1H3;1H/t8-;/m1./s1. The highest BCUT2D eigenvalue weighted by atomic mass is 35.5. The second-order valence-corrected chi connectivity index (χ2v) is 3.44. The fourth-order valence-electron chi connectivity index (χ4n) is 1.18. The molecular weight excluding hydrogens is 242 g/mol. The largest absolute Gasteiger partial charge is 0.485 e. The van der Waals surface area contributed by atoms with Crippen LogP contribution in [-0.4, -0.2) is 10.1 Å². The smallest absolute Gasteiger partial charge is 0.243 e. The van der Waals surface area contributed by atoms with E-state index in [2.05, 4.69) is 10.1 Å². The first-order chi connectivity index (χ1) is 7.75. The van der Waals surface area contributed by atoms with Crippen LogP contribution in [0, 0.1) is 0 Å². The molecule has 0 amide bonds. The van der Waals surface area contributed by atoms with Gasteiger partial charge in [-0.05, 0) is 19.1 Å². The molecule has 1 aromatic carbocycles. The number of aromatic nitrogens is 2. The van der Waals surface area contributed by atoms with Crippen molar-refractivity contribution in [1.29, 1.82) is 0 Å². The fraction of sp³-hybridized carbons (Fsp3) is 0.273. The van der Waals surface area contributed by atoms with E-state index in [4.69, 9.17) is 15.0 Å². The van der Waals surface area contributed by atoms with Gasteiger partial charge in [0.2, 0.25) is 11.7 Å². The zero-order valence-corrected chi connectivity index (χ0v) is 10.2. The number of benzene rings is 1. The Labute approximate surface area is 105 Å². The minimum Gasteiger partial charge on any atom is -0.485 e. The van der Waals surface area contributed by atoms with E-state index in [9.17, 15) is 0 Å². The van der Waals surface area contributed by atoms with E-state index in [1.165, 1.54) is 0 Å². The summed E-state index contributed by atoms with van der Waals surface area (Å²) >= 11 is 0. The number of para-hydroxylation sites is 1. The minimum absolute atomic E-state index is 0. The summed E-state index contributed by atoms with van der Waals surface area (Å²) in [6.07, 6.45) is 0.